The van der Waals surface area contributed by atoms with Crippen molar-refractivity contribution in [3.8, 4) is 6.07 Å². The molecule has 0 aliphatic rings. The highest BCUT2D eigenvalue weighted by Gasteiger charge is 2.08. The van der Waals surface area contributed by atoms with E-state index in [0.717, 1.165) is 13.0 Å². The first-order valence-electron chi connectivity index (χ1n) is 5.93. The molecule has 1 aromatic carbocycles. The van der Waals surface area contributed by atoms with Crippen LogP contribution in [0, 0.1) is 11.3 Å². The van der Waals surface area contributed by atoms with E-state index in [1.807, 2.05) is 6.07 Å². The summed E-state index contributed by atoms with van der Waals surface area (Å²) in [6.07, 6.45) is 1.60. The summed E-state index contributed by atoms with van der Waals surface area (Å²) >= 11 is 0. The molecule has 0 heterocycles. The number of nitriles is 1. The van der Waals surface area contributed by atoms with Crippen LogP contribution < -0.4 is 5.32 Å². The van der Waals surface area contributed by atoms with E-state index in [0.29, 0.717) is 18.4 Å². The van der Waals surface area contributed by atoms with E-state index in [-0.39, 0.29) is 0 Å². The van der Waals surface area contributed by atoms with Gasteiger partial charge in [0.2, 0.25) is 0 Å². The van der Waals surface area contributed by atoms with Crippen molar-refractivity contribution in [2.24, 2.45) is 0 Å². The first kappa shape index (κ1) is 12.7. The maximum Gasteiger partial charge on any atom is 0.0638 e. The molecule has 0 aliphatic heterocycles. The van der Waals surface area contributed by atoms with E-state index in [1.54, 1.807) is 0 Å². The molecule has 16 heavy (non-hydrogen) atoms. The fourth-order valence-corrected chi connectivity index (χ4v) is 1.71. The van der Waals surface area contributed by atoms with Crippen LogP contribution in [0.4, 0.5) is 0 Å². The summed E-state index contributed by atoms with van der Waals surface area (Å²) in [5, 5.41) is 12.1. The summed E-state index contributed by atoms with van der Waals surface area (Å²) in [5.74, 6) is 0.494. The summed E-state index contributed by atoms with van der Waals surface area (Å²) in [4.78, 5) is 0. The van der Waals surface area contributed by atoms with Gasteiger partial charge in [-0.2, -0.15) is 5.26 Å². The summed E-state index contributed by atoms with van der Waals surface area (Å²) in [5.41, 5.74) is 1.35. The monoisotopic (exact) mass is 216 g/mol. The number of nitrogens with zero attached hydrogens (tertiary/aromatic N) is 1. The second kappa shape index (κ2) is 7.03. The van der Waals surface area contributed by atoms with Crippen molar-refractivity contribution in [3.63, 3.8) is 0 Å². The molecule has 2 nitrogen and oxygen atoms in total. The van der Waals surface area contributed by atoms with Crippen LogP contribution in [0.15, 0.2) is 30.3 Å². The van der Waals surface area contributed by atoms with Gasteiger partial charge in [-0.25, -0.2) is 0 Å². The van der Waals surface area contributed by atoms with E-state index in [4.69, 9.17) is 5.26 Å². The summed E-state index contributed by atoms with van der Waals surface area (Å²) in [7, 11) is 0. The molecule has 86 valence electrons. The molecular formula is C14H20N2. The molecule has 1 N–H and O–H groups in total. The number of nitrogens with one attached hydrogen (secondary N) is 1. The van der Waals surface area contributed by atoms with Gasteiger partial charge in [-0.05, 0) is 17.9 Å². The van der Waals surface area contributed by atoms with E-state index < -0.39 is 0 Å². The predicted octanol–water partition coefficient (Wildman–Crippen LogP) is 3.07. The third-order valence-electron chi connectivity index (χ3n) is 2.91. The quantitative estimate of drug-likeness (QED) is 0.793. The summed E-state index contributed by atoms with van der Waals surface area (Å²) < 4.78 is 0. The number of benzene rings is 1. The minimum Gasteiger partial charge on any atom is -0.312 e. The van der Waals surface area contributed by atoms with Crippen molar-refractivity contribution >= 4 is 0 Å². The normalized spacial score (nSPS) is 14.1. The third kappa shape index (κ3) is 4.04. The maximum absolute atomic E-state index is 8.66. The van der Waals surface area contributed by atoms with Gasteiger partial charge in [-0.1, -0.05) is 44.2 Å². The highest BCUT2D eigenvalue weighted by Crippen LogP contribution is 2.13. The van der Waals surface area contributed by atoms with E-state index in [2.05, 4.69) is 49.5 Å². The Bertz CT molecular complexity index is 326. The van der Waals surface area contributed by atoms with Gasteiger partial charge in [0.15, 0.2) is 0 Å². The molecule has 0 unspecified atom stereocenters. The summed E-state index contributed by atoms with van der Waals surface area (Å²) in [6.45, 7) is 5.26. The smallest absolute Gasteiger partial charge is 0.0638 e. The fraction of sp³-hybridized carbons (Fsp3) is 0.500. The average molecular weight is 216 g/mol. The van der Waals surface area contributed by atoms with Crippen LogP contribution in [0.2, 0.25) is 0 Å². The van der Waals surface area contributed by atoms with Crippen molar-refractivity contribution in [1.29, 1.82) is 5.26 Å². The molecule has 0 spiro atoms. The summed E-state index contributed by atoms with van der Waals surface area (Å²) in [6, 6.07) is 13.0. The van der Waals surface area contributed by atoms with Crippen LogP contribution in [0.3, 0.4) is 0 Å². The van der Waals surface area contributed by atoms with Crippen LogP contribution in [-0.2, 0) is 0 Å². The molecule has 2 heteroatoms. The first-order chi connectivity index (χ1) is 7.77. The molecule has 0 fully saturated rings. The highest BCUT2D eigenvalue weighted by molar-refractivity contribution is 5.19. The Balaban J connectivity index is 2.41. The first-order valence-corrected chi connectivity index (χ1v) is 5.93. The van der Waals surface area contributed by atoms with E-state index in [1.165, 1.54) is 5.56 Å². The zero-order valence-electron chi connectivity index (χ0n) is 10.1. The average Bonchev–Trinajstić information content (AvgIpc) is 2.35. The highest BCUT2D eigenvalue weighted by atomic mass is 14.9. The fourth-order valence-electron chi connectivity index (χ4n) is 1.71. The van der Waals surface area contributed by atoms with Gasteiger partial charge in [0.05, 0.1) is 12.5 Å². The van der Waals surface area contributed by atoms with Crippen molar-refractivity contribution in [3.05, 3.63) is 35.9 Å². The van der Waals surface area contributed by atoms with Gasteiger partial charge in [-0.3, -0.25) is 0 Å². The Morgan fingerprint density at radius 3 is 2.56 bits per heavy atom. The molecule has 0 saturated heterocycles. The topological polar surface area (TPSA) is 35.8 Å². The van der Waals surface area contributed by atoms with Crippen LogP contribution in [0.5, 0.6) is 0 Å². The lowest BCUT2D eigenvalue weighted by molar-refractivity contribution is 0.484. The minimum absolute atomic E-state index is 0.330. The standard InChI is InChI=1S/C14H20N2/c1-3-14(9-10-15)16-11-12(2)13-7-5-4-6-8-13/h4-8,12,14,16H,3,9,11H2,1-2H3/t12-,14-/m0/s1. The largest absolute Gasteiger partial charge is 0.312 e. The minimum atomic E-state index is 0.330. The number of hydrogen-bond donors (Lipinski definition) is 1. The van der Waals surface area contributed by atoms with Gasteiger partial charge < -0.3 is 5.32 Å². The Hall–Kier alpha value is -1.33. The molecule has 0 saturated carbocycles. The molecule has 0 radical (unpaired) electrons. The van der Waals surface area contributed by atoms with Gasteiger partial charge in [0.25, 0.3) is 0 Å². The molecule has 2 atom stereocenters. The zero-order valence-corrected chi connectivity index (χ0v) is 10.1. The SMILES string of the molecule is CC[C@@H](CC#N)NC[C@H](C)c1ccccc1. The Morgan fingerprint density at radius 2 is 2.00 bits per heavy atom. The Kier molecular flexibility index (Phi) is 5.60. The van der Waals surface area contributed by atoms with Crippen molar-refractivity contribution in [1.82, 2.24) is 5.32 Å². The second-order valence-corrected chi connectivity index (χ2v) is 4.19. The van der Waals surface area contributed by atoms with Gasteiger partial charge in [0, 0.05) is 12.6 Å². The lowest BCUT2D eigenvalue weighted by atomic mass is 10.0. The van der Waals surface area contributed by atoms with Crippen LogP contribution >= 0.6 is 0 Å². The van der Waals surface area contributed by atoms with Crippen LogP contribution in [0.1, 0.15) is 38.2 Å². The van der Waals surface area contributed by atoms with E-state index in [9.17, 15) is 0 Å². The number of hydrogen-bond acceptors (Lipinski definition) is 2. The van der Waals surface area contributed by atoms with Crippen molar-refractivity contribution < 1.29 is 0 Å². The number of rotatable bonds is 6. The molecule has 0 aromatic heterocycles. The molecule has 1 rings (SSSR count). The predicted molar refractivity (Wildman–Crippen MR) is 67.2 cm³/mol. The third-order valence-corrected chi connectivity index (χ3v) is 2.91. The van der Waals surface area contributed by atoms with Crippen molar-refractivity contribution in [2.45, 2.75) is 38.6 Å². The molecular weight excluding hydrogens is 196 g/mol. The Morgan fingerprint density at radius 1 is 1.31 bits per heavy atom. The molecule has 0 aliphatic carbocycles. The van der Waals surface area contributed by atoms with Gasteiger partial charge in [0.1, 0.15) is 0 Å². The second-order valence-electron chi connectivity index (χ2n) is 4.19. The van der Waals surface area contributed by atoms with Gasteiger partial charge >= 0.3 is 0 Å². The van der Waals surface area contributed by atoms with Crippen LogP contribution in [-0.4, -0.2) is 12.6 Å². The lowest BCUT2D eigenvalue weighted by Gasteiger charge is -2.18. The molecule has 1 aromatic rings. The molecule has 0 amide bonds. The molecule has 0 bridgehead atoms. The van der Waals surface area contributed by atoms with Crippen molar-refractivity contribution in [2.75, 3.05) is 6.54 Å². The van der Waals surface area contributed by atoms with Crippen LogP contribution in [0.25, 0.3) is 0 Å². The zero-order chi connectivity index (χ0) is 11.8. The van der Waals surface area contributed by atoms with Gasteiger partial charge in [-0.15, -0.1) is 0 Å². The maximum atomic E-state index is 8.66. The van der Waals surface area contributed by atoms with E-state index >= 15 is 0 Å². The lowest BCUT2D eigenvalue weighted by Crippen LogP contribution is -2.31. The Labute approximate surface area is 98.3 Å².